The van der Waals surface area contributed by atoms with Gasteiger partial charge in [0.2, 0.25) is 11.8 Å². The third kappa shape index (κ3) is 14.4. The van der Waals surface area contributed by atoms with Crippen molar-refractivity contribution in [3.63, 3.8) is 0 Å². The van der Waals surface area contributed by atoms with E-state index in [-0.39, 0.29) is 32.8 Å². The zero-order valence-corrected chi connectivity index (χ0v) is 25.1. The molecule has 45 heavy (non-hydrogen) atoms. The van der Waals surface area contributed by atoms with Gasteiger partial charge < -0.3 is 30.7 Å². The molecule has 1 atom stereocenters. The first kappa shape index (κ1) is 33.9. The van der Waals surface area contributed by atoms with Gasteiger partial charge in [0.25, 0.3) is 0 Å². The molecule has 0 aliphatic carbocycles. The largest absolute Gasteiger partial charge is 0.445 e. The van der Waals surface area contributed by atoms with Gasteiger partial charge in [-0.3, -0.25) is 9.59 Å². The van der Waals surface area contributed by atoms with E-state index in [2.05, 4.69) is 40.3 Å². The van der Waals surface area contributed by atoms with Crippen LogP contribution in [0, 0.1) is 6.92 Å². The molecule has 10 heteroatoms. The molecule has 234 valence electrons. The van der Waals surface area contributed by atoms with Crippen LogP contribution in [-0.2, 0) is 38.7 Å². The molecule has 0 aliphatic rings. The predicted octanol–water partition coefficient (Wildman–Crippen LogP) is 4.64. The van der Waals surface area contributed by atoms with Gasteiger partial charge >= 0.3 is 12.2 Å². The molecule has 0 bridgehead atoms. The second kappa shape index (κ2) is 19.5. The Hall–Kier alpha value is -5.64. The van der Waals surface area contributed by atoms with Gasteiger partial charge in [0.05, 0.1) is 6.67 Å². The highest BCUT2D eigenvalue weighted by molar-refractivity contribution is 5.86. The summed E-state index contributed by atoms with van der Waals surface area (Å²) in [6, 6.07) is 36.8. The fourth-order valence-electron chi connectivity index (χ4n) is 3.84. The minimum absolute atomic E-state index is 0.0587. The Balaban J connectivity index is 0.000000693. The number of hydrogen-bond acceptors (Lipinski definition) is 6. The average molecular weight is 611 g/mol. The van der Waals surface area contributed by atoms with Crippen molar-refractivity contribution < 1.29 is 28.7 Å². The Morgan fingerprint density at radius 1 is 0.578 bits per heavy atom. The van der Waals surface area contributed by atoms with Crippen molar-refractivity contribution in [1.82, 2.24) is 21.3 Å². The lowest BCUT2D eigenvalue weighted by Crippen LogP contribution is -2.51. The summed E-state index contributed by atoms with van der Waals surface area (Å²) in [5.74, 6) is -1.04. The van der Waals surface area contributed by atoms with Gasteiger partial charge in [-0.1, -0.05) is 127 Å². The molecule has 0 spiro atoms. The van der Waals surface area contributed by atoms with Crippen molar-refractivity contribution in [2.75, 3.05) is 13.2 Å². The van der Waals surface area contributed by atoms with Gasteiger partial charge in [-0.15, -0.1) is 0 Å². The Morgan fingerprint density at radius 2 is 1.04 bits per heavy atom. The number of rotatable bonds is 12. The van der Waals surface area contributed by atoms with Gasteiger partial charge in [-0.2, -0.15) is 0 Å². The van der Waals surface area contributed by atoms with Crippen LogP contribution in [0.1, 0.15) is 22.3 Å². The van der Waals surface area contributed by atoms with E-state index in [1.165, 1.54) is 5.56 Å². The second-order valence-corrected chi connectivity index (χ2v) is 9.84. The molecule has 0 heterocycles. The lowest BCUT2D eigenvalue weighted by Gasteiger charge is -2.19. The summed E-state index contributed by atoms with van der Waals surface area (Å²) in [4.78, 5) is 49.0. The molecular weight excluding hydrogens is 572 g/mol. The molecule has 0 aromatic heterocycles. The van der Waals surface area contributed by atoms with Crippen LogP contribution < -0.4 is 21.3 Å². The maximum atomic E-state index is 12.8. The highest BCUT2D eigenvalue weighted by atomic mass is 16.6. The van der Waals surface area contributed by atoms with E-state index >= 15 is 0 Å². The number of alkyl carbamates (subject to hydrolysis) is 2. The molecule has 4 rings (SSSR count). The van der Waals surface area contributed by atoms with E-state index in [0.29, 0.717) is 0 Å². The van der Waals surface area contributed by atoms with E-state index < -0.39 is 30.0 Å². The molecule has 0 saturated carbocycles. The number of ether oxygens (including phenoxy) is 2. The molecule has 4 amide bonds. The standard InChI is InChI=1S/C28H30N4O6.C7H8/c33-25(17-29-27(35)37-18-22-12-6-2-7-13-22)30-20-31-26(34)24(16-21-10-4-1-5-11-21)32-28(36)38-19-23-14-8-3-9-15-23;1-7-5-3-2-4-6-7/h1-15,24H,16-20H2,(H,29,35)(H,30,33)(H,31,34)(H,32,36);2-6H,1H3. The molecule has 4 aromatic rings. The maximum absolute atomic E-state index is 12.8. The summed E-state index contributed by atoms with van der Waals surface area (Å²) < 4.78 is 10.3. The maximum Gasteiger partial charge on any atom is 0.408 e. The van der Waals surface area contributed by atoms with Crippen molar-refractivity contribution in [3.8, 4) is 0 Å². The second-order valence-electron chi connectivity index (χ2n) is 9.84. The number of hydrogen-bond donors (Lipinski definition) is 4. The molecule has 0 aliphatic heterocycles. The van der Waals surface area contributed by atoms with Crippen LogP contribution in [0.5, 0.6) is 0 Å². The summed E-state index contributed by atoms with van der Waals surface area (Å²) in [6.45, 7) is 1.68. The van der Waals surface area contributed by atoms with Crippen molar-refractivity contribution in [2.45, 2.75) is 32.6 Å². The number of amides is 4. The Bertz CT molecular complexity index is 1450. The van der Waals surface area contributed by atoms with Crippen molar-refractivity contribution in [3.05, 3.63) is 144 Å². The minimum Gasteiger partial charge on any atom is -0.445 e. The number of benzene rings is 4. The number of nitrogens with one attached hydrogen (secondary N) is 4. The van der Waals surface area contributed by atoms with Gasteiger partial charge in [-0.05, 0) is 23.6 Å². The number of carbonyl (C=O) groups excluding carboxylic acids is 4. The SMILES string of the molecule is Cc1ccccc1.O=C(CNC(=O)OCc1ccccc1)NCNC(=O)C(Cc1ccccc1)NC(=O)OCc1ccccc1. The molecule has 0 saturated heterocycles. The molecule has 4 aromatic carbocycles. The Kier molecular flexibility index (Phi) is 14.7. The van der Waals surface area contributed by atoms with Crippen LogP contribution in [0.2, 0.25) is 0 Å². The summed E-state index contributed by atoms with van der Waals surface area (Å²) >= 11 is 0. The normalized spacial score (nSPS) is 10.6. The van der Waals surface area contributed by atoms with Crippen LogP contribution in [-0.4, -0.2) is 43.3 Å². The predicted molar refractivity (Wildman–Crippen MR) is 171 cm³/mol. The summed E-state index contributed by atoms with van der Waals surface area (Å²) in [5, 5.41) is 9.96. The first-order valence-corrected chi connectivity index (χ1v) is 14.4. The molecular formula is C35H38N4O6. The topological polar surface area (TPSA) is 135 Å². The van der Waals surface area contributed by atoms with E-state index in [1.807, 2.05) is 109 Å². The fraction of sp³-hybridized carbons (Fsp3) is 0.200. The third-order valence-corrected chi connectivity index (χ3v) is 6.20. The van der Waals surface area contributed by atoms with E-state index in [0.717, 1.165) is 16.7 Å². The zero-order chi connectivity index (χ0) is 32.1. The van der Waals surface area contributed by atoms with Crippen molar-refractivity contribution in [1.29, 1.82) is 0 Å². The van der Waals surface area contributed by atoms with Crippen LogP contribution in [0.15, 0.2) is 121 Å². The number of aryl methyl sites for hydroxylation is 1. The molecule has 1 unspecified atom stereocenters. The first-order valence-electron chi connectivity index (χ1n) is 14.4. The Morgan fingerprint density at radius 3 is 1.53 bits per heavy atom. The Labute approximate surface area is 263 Å². The third-order valence-electron chi connectivity index (χ3n) is 6.20. The van der Waals surface area contributed by atoms with E-state index in [9.17, 15) is 19.2 Å². The van der Waals surface area contributed by atoms with Crippen LogP contribution >= 0.6 is 0 Å². The first-order chi connectivity index (χ1) is 21.9. The van der Waals surface area contributed by atoms with Crippen LogP contribution in [0.3, 0.4) is 0 Å². The molecule has 0 fully saturated rings. The minimum atomic E-state index is -0.941. The smallest absolute Gasteiger partial charge is 0.408 e. The molecule has 0 radical (unpaired) electrons. The van der Waals surface area contributed by atoms with Gasteiger partial charge in [0.1, 0.15) is 25.8 Å². The zero-order valence-electron chi connectivity index (χ0n) is 25.1. The van der Waals surface area contributed by atoms with Gasteiger partial charge in [0.15, 0.2) is 0 Å². The van der Waals surface area contributed by atoms with Gasteiger partial charge in [-0.25, -0.2) is 9.59 Å². The van der Waals surface area contributed by atoms with E-state index in [1.54, 1.807) is 0 Å². The lowest BCUT2D eigenvalue weighted by atomic mass is 10.1. The monoisotopic (exact) mass is 610 g/mol. The van der Waals surface area contributed by atoms with Crippen molar-refractivity contribution >= 4 is 24.0 Å². The summed E-state index contributed by atoms with van der Waals surface area (Å²) in [6.07, 6.45) is -1.27. The quantitative estimate of drug-likeness (QED) is 0.173. The summed E-state index contributed by atoms with van der Waals surface area (Å²) in [7, 11) is 0. The van der Waals surface area contributed by atoms with E-state index in [4.69, 9.17) is 9.47 Å². The number of carbonyl (C=O) groups is 4. The average Bonchev–Trinajstić information content (AvgIpc) is 3.07. The molecule has 10 nitrogen and oxygen atoms in total. The van der Waals surface area contributed by atoms with Crippen LogP contribution in [0.25, 0.3) is 0 Å². The van der Waals surface area contributed by atoms with Crippen LogP contribution in [0.4, 0.5) is 9.59 Å². The fourth-order valence-corrected chi connectivity index (χ4v) is 3.84. The highest BCUT2D eigenvalue weighted by Crippen LogP contribution is 2.06. The molecule has 4 N–H and O–H groups in total. The highest BCUT2D eigenvalue weighted by Gasteiger charge is 2.22. The van der Waals surface area contributed by atoms with Gasteiger partial charge in [0, 0.05) is 6.42 Å². The van der Waals surface area contributed by atoms with Crippen molar-refractivity contribution in [2.24, 2.45) is 0 Å². The lowest BCUT2D eigenvalue weighted by molar-refractivity contribution is -0.124. The summed E-state index contributed by atoms with van der Waals surface area (Å²) in [5.41, 5.74) is 3.78.